The van der Waals surface area contributed by atoms with E-state index in [9.17, 15) is 0 Å². The highest BCUT2D eigenvalue weighted by atomic mass is 16.5. The molecule has 12 heavy (non-hydrogen) atoms. The van der Waals surface area contributed by atoms with Crippen LogP contribution in [0.2, 0.25) is 0 Å². The van der Waals surface area contributed by atoms with Crippen molar-refractivity contribution in [1.29, 1.82) is 0 Å². The number of ether oxygens (including phenoxy) is 1. The maximum absolute atomic E-state index is 5.64. The maximum atomic E-state index is 5.64. The highest BCUT2D eigenvalue weighted by Crippen LogP contribution is 2.25. The Morgan fingerprint density at radius 3 is 2.00 bits per heavy atom. The molecule has 0 aromatic heterocycles. The van der Waals surface area contributed by atoms with E-state index in [1.807, 2.05) is 0 Å². The van der Waals surface area contributed by atoms with Gasteiger partial charge in [0.05, 0.1) is 6.61 Å². The van der Waals surface area contributed by atoms with Gasteiger partial charge in [0.1, 0.15) is 0 Å². The summed E-state index contributed by atoms with van der Waals surface area (Å²) in [5.41, 5.74) is 0.398. The molecule has 1 heteroatoms. The van der Waals surface area contributed by atoms with Crippen LogP contribution < -0.4 is 0 Å². The molecular formula is C11H24O. The molecule has 0 fully saturated rings. The van der Waals surface area contributed by atoms with Gasteiger partial charge in [0.2, 0.25) is 0 Å². The second kappa shape index (κ2) is 5.58. The Labute approximate surface area is 77.5 Å². The van der Waals surface area contributed by atoms with Crippen LogP contribution in [0.15, 0.2) is 0 Å². The van der Waals surface area contributed by atoms with Crippen molar-refractivity contribution < 1.29 is 4.74 Å². The van der Waals surface area contributed by atoms with Crippen LogP contribution in [-0.4, -0.2) is 13.2 Å². The van der Waals surface area contributed by atoms with Gasteiger partial charge in [-0.3, -0.25) is 0 Å². The summed E-state index contributed by atoms with van der Waals surface area (Å²) >= 11 is 0. The van der Waals surface area contributed by atoms with E-state index in [0.29, 0.717) is 11.3 Å². The van der Waals surface area contributed by atoms with Gasteiger partial charge < -0.3 is 4.74 Å². The molecule has 0 heterocycles. The summed E-state index contributed by atoms with van der Waals surface area (Å²) in [5.74, 6) is 0.656. The Kier molecular flexibility index (Phi) is 5.56. The topological polar surface area (TPSA) is 9.23 Å². The molecule has 0 N–H and O–H groups in total. The zero-order chi connectivity index (χ0) is 9.61. The molecule has 0 atom stereocenters. The van der Waals surface area contributed by atoms with Crippen LogP contribution in [0.5, 0.6) is 0 Å². The van der Waals surface area contributed by atoms with Crippen LogP contribution in [0.4, 0.5) is 0 Å². The molecule has 0 saturated heterocycles. The Bertz CT molecular complexity index is 104. The van der Waals surface area contributed by atoms with Crippen molar-refractivity contribution in [2.24, 2.45) is 11.3 Å². The molecule has 1 nitrogen and oxygen atoms in total. The molecular weight excluding hydrogens is 148 g/mol. The highest BCUT2D eigenvalue weighted by molar-refractivity contribution is 4.69. The summed E-state index contributed by atoms with van der Waals surface area (Å²) in [4.78, 5) is 0. The van der Waals surface area contributed by atoms with E-state index >= 15 is 0 Å². The molecule has 0 aromatic carbocycles. The fraction of sp³-hybridized carbons (Fsp3) is 1.00. The molecule has 0 aliphatic heterocycles. The molecule has 0 unspecified atom stereocenters. The average molecular weight is 172 g/mol. The van der Waals surface area contributed by atoms with Crippen LogP contribution in [0.3, 0.4) is 0 Å². The lowest BCUT2D eigenvalue weighted by molar-refractivity contribution is 0.0344. The van der Waals surface area contributed by atoms with Gasteiger partial charge in [-0.15, -0.1) is 0 Å². The molecule has 0 aliphatic carbocycles. The molecule has 74 valence electrons. The third kappa shape index (κ3) is 4.76. The standard InChI is InChI=1S/C11H24O/c1-6-11(5,7-2)9-12-8-10(3)4/h10H,6-9H2,1-5H3. The van der Waals surface area contributed by atoms with Gasteiger partial charge >= 0.3 is 0 Å². The quantitative estimate of drug-likeness (QED) is 0.596. The van der Waals surface area contributed by atoms with Crippen molar-refractivity contribution in [1.82, 2.24) is 0 Å². The summed E-state index contributed by atoms with van der Waals surface area (Å²) < 4.78 is 5.64. The molecule has 0 amide bonds. The van der Waals surface area contributed by atoms with Crippen LogP contribution in [0, 0.1) is 11.3 Å². The third-order valence-electron chi connectivity index (χ3n) is 2.61. The van der Waals surface area contributed by atoms with E-state index < -0.39 is 0 Å². The fourth-order valence-corrected chi connectivity index (χ4v) is 0.995. The molecule has 0 bridgehead atoms. The van der Waals surface area contributed by atoms with E-state index in [0.717, 1.165) is 13.2 Å². The van der Waals surface area contributed by atoms with Crippen LogP contribution in [0.25, 0.3) is 0 Å². The summed E-state index contributed by atoms with van der Waals surface area (Å²) in [6.07, 6.45) is 2.42. The van der Waals surface area contributed by atoms with Crippen LogP contribution in [-0.2, 0) is 4.74 Å². The lowest BCUT2D eigenvalue weighted by atomic mass is 9.86. The number of hydrogen-bond acceptors (Lipinski definition) is 1. The zero-order valence-corrected chi connectivity index (χ0v) is 9.31. The lowest BCUT2D eigenvalue weighted by Gasteiger charge is -2.26. The second-order valence-electron chi connectivity index (χ2n) is 4.43. The van der Waals surface area contributed by atoms with Crippen molar-refractivity contribution in [3.63, 3.8) is 0 Å². The maximum Gasteiger partial charge on any atom is 0.0519 e. The summed E-state index contributed by atoms with van der Waals surface area (Å²) in [7, 11) is 0. The van der Waals surface area contributed by atoms with Gasteiger partial charge in [-0.05, 0) is 24.2 Å². The normalized spacial score (nSPS) is 12.5. The number of hydrogen-bond donors (Lipinski definition) is 0. The Hall–Kier alpha value is -0.0400. The zero-order valence-electron chi connectivity index (χ0n) is 9.31. The predicted molar refractivity (Wildman–Crippen MR) is 54.3 cm³/mol. The van der Waals surface area contributed by atoms with E-state index in [1.54, 1.807) is 0 Å². The first kappa shape index (κ1) is 12.0. The van der Waals surface area contributed by atoms with E-state index in [2.05, 4.69) is 34.6 Å². The van der Waals surface area contributed by atoms with Gasteiger partial charge in [0, 0.05) is 6.61 Å². The second-order valence-corrected chi connectivity index (χ2v) is 4.43. The molecule has 0 saturated carbocycles. The van der Waals surface area contributed by atoms with Gasteiger partial charge in [-0.2, -0.15) is 0 Å². The average Bonchev–Trinajstić information content (AvgIpc) is 2.03. The molecule has 0 aliphatic rings. The third-order valence-corrected chi connectivity index (χ3v) is 2.61. The monoisotopic (exact) mass is 172 g/mol. The van der Waals surface area contributed by atoms with Crippen molar-refractivity contribution in [3.8, 4) is 0 Å². The SMILES string of the molecule is CCC(C)(CC)COCC(C)C. The van der Waals surface area contributed by atoms with E-state index in [1.165, 1.54) is 12.8 Å². The summed E-state index contributed by atoms with van der Waals surface area (Å²) in [6.45, 7) is 13.0. The van der Waals surface area contributed by atoms with Gasteiger partial charge in [0.25, 0.3) is 0 Å². The van der Waals surface area contributed by atoms with Gasteiger partial charge in [-0.25, -0.2) is 0 Å². The first-order chi connectivity index (χ1) is 5.54. The fourth-order valence-electron chi connectivity index (χ4n) is 0.995. The lowest BCUT2D eigenvalue weighted by Crippen LogP contribution is -2.22. The summed E-state index contributed by atoms with van der Waals surface area (Å²) in [6, 6.07) is 0. The van der Waals surface area contributed by atoms with Crippen molar-refractivity contribution in [3.05, 3.63) is 0 Å². The van der Waals surface area contributed by atoms with Crippen molar-refractivity contribution in [2.75, 3.05) is 13.2 Å². The van der Waals surface area contributed by atoms with E-state index in [4.69, 9.17) is 4.74 Å². The van der Waals surface area contributed by atoms with Crippen molar-refractivity contribution in [2.45, 2.75) is 47.5 Å². The Morgan fingerprint density at radius 1 is 1.17 bits per heavy atom. The molecule has 0 aromatic rings. The Morgan fingerprint density at radius 2 is 1.67 bits per heavy atom. The Balaban J connectivity index is 3.58. The van der Waals surface area contributed by atoms with Gasteiger partial charge in [-0.1, -0.05) is 34.6 Å². The van der Waals surface area contributed by atoms with Crippen LogP contribution in [0.1, 0.15) is 47.5 Å². The molecule has 0 radical (unpaired) electrons. The van der Waals surface area contributed by atoms with Crippen molar-refractivity contribution >= 4 is 0 Å². The smallest absolute Gasteiger partial charge is 0.0519 e. The summed E-state index contributed by atoms with van der Waals surface area (Å²) in [5, 5.41) is 0. The van der Waals surface area contributed by atoms with Crippen LogP contribution >= 0.6 is 0 Å². The minimum Gasteiger partial charge on any atom is -0.381 e. The first-order valence-electron chi connectivity index (χ1n) is 5.12. The van der Waals surface area contributed by atoms with E-state index in [-0.39, 0.29) is 0 Å². The predicted octanol–water partition coefficient (Wildman–Crippen LogP) is 3.49. The minimum atomic E-state index is 0.398. The first-order valence-corrected chi connectivity index (χ1v) is 5.12. The minimum absolute atomic E-state index is 0.398. The molecule has 0 spiro atoms. The highest BCUT2D eigenvalue weighted by Gasteiger charge is 2.19. The number of rotatable bonds is 6. The largest absolute Gasteiger partial charge is 0.381 e. The molecule has 0 rings (SSSR count). The van der Waals surface area contributed by atoms with Gasteiger partial charge in [0.15, 0.2) is 0 Å².